The van der Waals surface area contributed by atoms with Crippen molar-refractivity contribution < 1.29 is 32.5 Å². The quantitative estimate of drug-likeness (QED) is 0.498. The molecule has 0 saturated carbocycles. The zero-order chi connectivity index (χ0) is 18.1. The Hall–Kier alpha value is -1.34. The van der Waals surface area contributed by atoms with Gasteiger partial charge in [0.15, 0.2) is 5.25 Å². The van der Waals surface area contributed by atoms with Crippen LogP contribution in [0.4, 0.5) is 0 Å². The zero-order valence-corrected chi connectivity index (χ0v) is 14.7. The Morgan fingerprint density at radius 1 is 1.22 bits per heavy atom. The predicted molar refractivity (Wildman–Crippen MR) is 85.6 cm³/mol. The first-order valence-corrected chi connectivity index (χ1v) is 9.20. The minimum absolute atomic E-state index is 0.0496. The molecule has 3 N–H and O–H groups in total. The first-order valence-electron chi connectivity index (χ1n) is 6.79. The Morgan fingerprint density at radius 3 is 2.00 bits per heavy atom. The van der Waals surface area contributed by atoms with E-state index in [0.717, 1.165) is 6.92 Å². The molecule has 0 aromatic heterocycles. The van der Waals surface area contributed by atoms with Crippen molar-refractivity contribution >= 4 is 24.5 Å². The van der Waals surface area contributed by atoms with E-state index in [1.54, 1.807) is 6.07 Å². The minimum atomic E-state index is -4.87. The van der Waals surface area contributed by atoms with Crippen molar-refractivity contribution in [2.24, 2.45) is 5.92 Å². The minimum Gasteiger partial charge on any atom is -0.479 e. The predicted octanol–water partition coefficient (Wildman–Crippen LogP) is 1.87. The summed E-state index contributed by atoms with van der Waals surface area (Å²) in [5, 5.41) is 15.8. The maximum absolute atomic E-state index is 12.0. The largest absolute Gasteiger partial charge is 0.479 e. The van der Waals surface area contributed by atoms with Gasteiger partial charge in [0, 0.05) is 5.92 Å². The van der Waals surface area contributed by atoms with Gasteiger partial charge in [-0.3, -0.25) is 4.55 Å². The molecule has 4 atom stereocenters. The van der Waals surface area contributed by atoms with Crippen molar-refractivity contribution in [1.82, 2.24) is 0 Å². The SMILES string of the molecule is CC(C)C([PH+]=O)(C(c1ccccc1)S(=O)(=O)O)C(C)(O)C(=O)O. The fraction of sp³-hybridized carbons (Fsp3) is 0.500. The Bertz CT molecular complexity index is 684. The molecule has 0 heterocycles. The molecule has 0 aliphatic heterocycles. The standard InChI is InChI=1S/C14H19O7PS/c1-9(2)14(22-18,13(3,17)12(15)16)11(23(19,20)21)10-7-5-4-6-8-10/h4-9,11,17H,1-3H3,(H,15,16)(H,19,20,21)/p+1. The van der Waals surface area contributed by atoms with Gasteiger partial charge in [0.2, 0.25) is 10.8 Å². The molecule has 0 radical (unpaired) electrons. The molecule has 0 fully saturated rings. The lowest BCUT2D eigenvalue weighted by molar-refractivity contribution is -0.162. The number of carboxylic acids is 1. The van der Waals surface area contributed by atoms with E-state index in [1.807, 2.05) is 0 Å². The summed E-state index contributed by atoms with van der Waals surface area (Å²) in [5.41, 5.74) is -2.61. The Kier molecular flexibility index (Phi) is 5.70. The first kappa shape index (κ1) is 19.7. The molecule has 4 unspecified atom stereocenters. The van der Waals surface area contributed by atoms with Gasteiger partial charge < -0.3 is 10.2 Å². The number of rotatable bonds is 7. The third-order valence-electron chi connectivity index (χ3n) is 4.12. The van der Waals surface area contributed by atoms with E-state index in [1.165, 1.54) is 38.1 Å². The van der Waals surface area contributed by atoms with Gasteiger partial charge in [-0.25, -0.2) is 4.79 Å². The molecule has 1 rings (SSSR count). The first-order chi connectivity index (χ1) is 10.4. The second-order valence-electron chi connectivity index (χ2n) is 5.81. The normalized spacial score (nSPS) is 19.0. The van der Waals surface area contributed by atoms with Crippen molar-refractivity contribution in [3.63, 3.8) is 0 Å². The van der Waals surface area contributed by atoms with E-state index in [4.69, 9.17) is 0 Å². The molecule has 7 nitrogen and oxygen atoms in total. The summed E-state index contributed by atoms with van der Waals surface area (Å²) in [6.45, 7) is 3.79. The molecule has 0 aliphatic rings. The molecule has 9 heteroatoms. The van der Waals surface area contributed by atoms with Crippen LogP contribution in [-0.2, 0) is 19.5 Å². The van der Waals surface area contributed by atoms with Gasteiger partial charge in [0.25, 0.3) is 10.1 Å². The van der Waals surface area contributed by atoms with Crippen LogP contribution in [0.15, 0.2) is 30.3 Å². The average Bonchev–Trinajstić information content (AvgIpc) is 2.43. The van der Waals surface area contributed by atoms with Gasteiger partial charge in [-0.2, -0.15) is 8.42 Å². The second kappa shape index (κ2) is 6.65. The fourth-order valence-corrected chi connectivity index (χ4v) is 5.74. The topological polar surface area (TPSA) is 129 Å². The molecular formula is C14H20O7PS+. The lowest BCUT2D eigenvalue weighted by atomic mass is 9.75. The van der Waals surface area contributed by atoms with E-state index in [2.05, 4.69) is 0 Å². The summed E-state index contributed by atoms with van der Waals surface area (Å²) < 4.78 is 45.8. The average molecular weight is 363 g/mol. The lowest BCUT2D eigenvalue weighted by Gasteiger charge is -2.39. The monoisotopic (exact) mass is 363 g/mol. The van der Waals surface area contributed by atoms with Crippen LogP contribution in [-0.4, -0.2) is 39.9 Å². The molecule has 0 bridgehead atoms. The highest BCUT2D eigenvalue weighted by Crippen LogP contribution is 2.53. The summed E-state index contributed by atoms with van der Waals surface area (Å²) in [7, 11) is -6.36. The highest BCUT2D eigenvalue weighted by molar-refractivity contribution is 7.86. The summed E-state index contributed by atoms with van der Waals surface area (Å²) in [6.07, 6.45) is 0. The van der Waals surface area contributed by atoms with Crippen molar-refractivity contribution in [2.75, 3.05) is 0 Å². The van der Waals surface area contributed by atoms with E-state index in [-0.39, 0.29) is 5.56 Å². The van der Waals surface area contributed by atoms with Crippen LogP contribution in [0.5, 0.6) is 0 Å². The molecule has 1 aromatic rings. The smallest absolute Gasteiger partial charge is 0.340 e. The molecule has 0 aliphatic carbocycles. The van der Waals surface area contributed by atoms with Crippen LogP contribution in [0.2, 0.25) is 0 Å². The van der Waals surface area contributed by atoms with E-state index in [9.17, 15) is 32.5 Å². The molecule has 23 heavy (non-hydrogen) atoms. The number of aliphatic carboxylic acids is 1. The number of hydrogen-bond acceptors (Lipinski definition) is 5. The van der Waals surface area contributed by atoms with Gasteiger partial charge in [-0.15, -0.1) is 0 Å². The van der Waals surface area contributed by atoms with E-state index in [0.29, 0.717) is 0 Å². The van der Waals surface area contributed by atoms with Crippen molar-refractivity contribution in [3.8, 4) is 0 Å². The van der Waals surface area contributed by atoms with Gasteiger partial charge in [-0.05, 0) is 12.5 Å². The zero-order valence-electron chi connectivity index (χ0n) is 12.9. The third kappa shape index (κ3) is 3.30. The molecule has 0 spiro atoms. The van der Waals surface area contributed by atoms with Gasteiger partial charge in [0.1, 0.15) is 0 Å². The second-order valence-corrected chi connectivity index (χ2v) is 8.34. The Balaban J connectivity index is 3.87. The highest BCUT2D eigenvalue weighted by atomic mass is 32.2. The third-order valence-corrected chi connectivity index (χ3v) is 7.25. The van der Waals surface area contributed by atoms with E-state index >= 15 is 0 Å². The molecular weight excluding hydrogens is 343 g/mol. The van der Waals surface area contributed by atoms with Crippen LogP contribution in [0, 0.1) is 5.92 Å². The van der Waals surface area contributed by atoms with E-state index < -0.39 is 46.5 Å². The Morgan fingerprint density at radius 2 is 1.70 bits per heavy atom. The van der Waals surface area contributed by atoms with Crippen molar-refractivity contribution in [3.05, 3.63) is 35.9 Å². The summed E-state index contributed by atoms with van der Waals surface area (Å²) >= 11 is 0. The van der Waals surface area contributed by atoms with Crippen LogP contribution < -0.4 is 0 Å². The summed E-state index contributed by atoms with van der Waals surface area (Å²) in [4.78, 5) is 11.5. The molecule has 0 amide bonds. The maximum atomic E-state index is 12.0. The number of hydrogen-bond donors (Lipinski definition) is 3. The summed E-state index contributed by atoms with van der Waals surface area (Å²) in [6, 6.07) is 7.35. The highest BCUT2D eigenvalue weighted by Gasteiger charge is 2.69. The van der Waals surface area contributed by atoms with Crippen LogP contribution in [0.25, 0.3) is 0 Å². The van der Waals surface area contributed by atoms with Crippen LogP contribution in [0.1, 0.15) is 31.6 Å². The fourth-order valence-electron chi connectivity index (χ4n) is 2.87. The van der Waals surface area contributed by atoms with Crippen molar-refractivity contribution in [1.29, 1.82) is 0 Å². The van der Waals surface area contributed by atoms with Gasteiger partial charge >= 0.3 is 14.4 Å². The maximum Gasteiger partial charge on any atom is 0.340 e. The van der Waals surface area contributed by atoms with Crippen molar-refractivity contribution in [2.45, 2.75) is 36.8 Å². The van der Waals surface area contributed by atoms with Gasteiger partial charge in [0.05, 0.1) is 0 Å². The number of carboxylic acid groups (broad SMARTS) is 1. The van der Waals surface area contributed by atoms with Crippen LogP contribution >= 0.6 is 8.46 Å². The number of carbonyl (C=O) groups is 1. The molecule has 1 aromatic carbocycles. The molecule has 0 saturated heterocycles. The van der Waals surface area contributed by atoms with Crippen LogP contribution in [0.3, 0.4) is 0 Å². The van der Waals surface area contributed by atoms with Gasteiger partial charge in [-0.1, -0.05) is 48.7 Å². The Labute approximate surface area is 136 Å². The lowest BCUT2D eigenvalue weighted by Crippen LogP contribution is -2.61. The molecule has 128 valence electrons. The summed E-state index contributed by atoms with van der Waals surface area (Å²) in [5.74, 6) is -2.56. The number of benzene rings is 1. The number of aliphatic hydroxyl groups is 1.